The Morgan fingerprint density at radius 2 is 1.83 bits per heavy atom. The Morgan fingerprint density at radius 3 is 2.69 bits per heavy atom. The van der Waals surface area contributed by atoms with Gasteiger partial charge in [-0.15, -0.1) is 11.3 Å². The zero-order valence-electron chi connectivity index (χ0n) is 15.5. The molecule has 0 fully saturated rings. The number of aromatic nitrogens is 2. The summed E-state index contributed by atoms with van der Waals surface area (Å²) in [6.07, 6.45) is 2.40. The number of fused-ring (bicyclic) bond motifs is 3. The van der Waals surface area contributed by atoms with Crippen molar-refractivity contribution in [3.05, 3.63) is 94.3 Å². The molecule has 6 heteroatoms. The van der Waals surface area contributed by atoms with Gasteiger partial charge in [0.25, 0.3) is 0 Å². The van der Waals surface area contributed by atoms with Gasteiger partial charge in [0, 0.05) is 17.5 Å². The second kappa shape index (κ2) is 6.60. The Balaban J connectivity index is 1.47. The lowest BCUT2D eigenvalue weighted by atomic mass is 9.97. The van der Waals surface area contributed by atoms with Crippen LogP contribution in [-0.4, -0.2) is 20.9 Å². The quantitative estimate of drug-likeness (QED) is 0.504. The van der Waals surface area contributed by atoms with Crippen molar-refractivity contribution in [1.29, 1.82) is 0 Å². The molecule has 29 heavy (non-hydrogen) atoms. The molecule has 4 aromatic rings. The number of thiophene rings is 1. The van der Waals surface area contributed by atoms with Crippen LogP contribution in [-0.2, 0) is 0 Å². The summed E-state index contributed by atoms with van der Waals surface area (Å²) in [5.74, 6) is 0.918. The molecule has 5 nitrogen and oxygen atoms in total. The van der Waals surface area contributed by atoms with Gasteiger partial charge in [-0.1, -0.05) is 54.6 Å². The van der Waals surface area contributed by atoms with Crippen LogP contribution in [0.2, 0.25) is 0 Å². The highest BCUT2D eigenvalue weighted by atomic mass is 32.1. The van der Waals surface area contributed by atoms with E-state index >= 15 is 0 Å². The molecule has 0 amide bonds. The number of nitrogens with zero attached hydrogens (tertiary/aromatic N) is 3. The van der Waals surface area contributed by atoms with Gasteiger partial charge in [0.05, 0.1) is 34.1 Å². The topological polar surface area (TPSA) is 53.5 Å². The van der Waals surface area contributed by atoms with Crippen molar-refractivity contribution in [2.24, 2.45) is 5.10 Å². The van der Waals surface area contributed by atoms with E-state index in [0.717, 1.165) is 34.7 Å². The SMILES string of the molecule is c1ccc(-c2[nH]ncc2[C@@H]2Oc3ccccc3[C@H]3CC(c4cccs4)=NN32)cc1. The number of nitrogens with one attached hydrogen (secondary N) is 1. The summed E-state index contributed by atoms with van der Waals surface area (Å²) in [7, 11) is 0. The summed E-state index contributed by atoms with van der Waals surface area (Å²) in [5.41, 5.74) is 5.34. The average molecular weight is 398 g/mol. The van der Waals surface area contributed by atoms with E-state index in [0.29, 0.717) is 0 Å². The summed E-state index contributed by atoms with van der Waals surface area (Å²) in [6, 6.07) is 22.9. The largest absolute Gasteiger partial charge is 0.464 e. The molecule has 2 aliphatic heterocycles. The van der Waals surface area contributed by atoms with E-state index in [1.165, 1.54) is 10.4 Å². The van der Waals surface area contributed by atoms with Gasteiger partial charge in [0.2, 0.25) is 6.23 Å². The highest BCUT2D eigenvalue weighted by molar-refractivity contribution is 7.12. The number of ether oxygens (including phenoxy) is 1. The van der Waals surface area contributed by atoms with Gasteiger partial charge in [0.1, 0.15) is 5.75 Å². The molecule has 2 aromatic carbocycles. The molecular formula is C23H18N4OS. The fraction of sp³-hybridized carbons (Fsp3) is 0.130. The maximum Gasteiger partial charge on any atom is 0.217 e. The average Bonchev–Trinajstić information content (AvgIpc) is 3.54. The number of hydrogen-bond donors (Lipinski definition) is 1. The van der Waals surface area contributed by atoms with Crippen molar-refractivity contribution in [2.45, 2.75) is 18.7 Å². The van der Waals surface area contributed by atoms with Gasteiger partial charge in [-0.2, -0.15) is 10.2 Å². The second-order valence-electron chi connectivity index (χ2n) is 7.20. The third kappa shape index (κ3) is 2.68. The molecule has 0 aliphatic carbocycles. The van der Waals surface area contributed by atoms with Crippen LogP contribution in [0.4, 0.5) is 0 Å². The Bertz CT molecular complexity index is 1180. The maximum atomic E-state index is 6.48. The van der Waals surface area contributed by atoms with Crippen LogP contribution in [0.1, 0.15) is 34.7 Å². The number of rotatable bonds is 3. The lowest BCUT2D eigenvalue weighted by Gasteiger charge is -2.38. The summed E-state index contributed by atoms with van der Waals surface area (Å²) in [6.45, 7) is 0. The Kier molecular flexibility index (Phi) is 3.77. The van der Waals surface area contributed by atoms with Gasteiger partial charge < -0.3 is 4.74 Å². The molecule has 0 unspecified atom stereocenters. The van der Waals surface area contributed by atoms with E-state index in [2.05, 4.69) is 57.0 Å². The fourth-order valence-electron chi connectivity index (χ4n) is 4.15. The molecule has 142 valence electrons. The lowest BCUT2D eigenvalue weighted by Crippen LogP contribution is -2.33. The van der Waals surface area contributed by atoms with Gasteiger partial charge in [-0.25, -0.2) is 5.01 Å². The van der Waals surface area contributed by atoms with Gasteiger partial charge in [-0.05, 0) is 17.5 Å². The first-order valence-electron chi connectivity index (χ1n) is 9.62. The van der Waals surface area contributed by atoms with E-state index in [-0.39, 0.29) is 12.3 Å². The van der Waals surface area contributed by atoms with Gasteiger partial charge >= 0.3 is 0 Å². The predicted molar refractivity (Wildman–Crippen MR) is 114 cm³/mol. The molecule has 0 radical (unpaired) electrons. The van der Waals surface area contributed by atoms with Crippen molar-refractivity contribution in [3.8, 4) is 17.0 Å². The van der Waals surface area contributed by atoms with Crippen LogP contribution >= 0.6 is 11.3 Å². The fourth-order valence-corrected chi connectivity index (χ4v) is 4.87. The van der Waals surface area contributed by atoms with Crippen LogP contribution in [0.15, 0.2) is 83.4 Å². The molecule has 1 N–H and O–H groups in total. The van der Waals surface area contributed by atoms with Crippen molar-refractivity contribution in [3.63, 3.8) is 0 Å². The maximum absolute atomic E-state index is 6.48. The smallest absolute Gasteiger partial charge is 0.217 e. The van der Waals surface area contributed by atoms with Gasteiger partial charge in [-0.3, -0.25) is 5.10 Å². The zero-order valence-corrected chi connectivity index (χ0v) is 16.3. The van der Waals surface area contributed by atoms with E-state index in [1.54, 1.807) is 11.3 Å². The molecule has 2 atom stereocenters. The standard InChI is InChI=1S/C23H18N4OS/c1-2-7-15(8-3-1)22-17(14-24-25-22)23-27-19(16-9-4-5-10-20(16)28-23)13-18(26-27)21-11-6-12-29-21/h1-12,14,19,23H,13H2,(H,24,25)/t19-,23+/m1/s1. The van der Waals surface area contributed by atoms with Crippen LogP contribution in [0.3, 0.4) is 0 Å². The minimum absolute atomic E-state index is 0.153. The van der Waals surface area contributed by atoms with Crippen molar-refractivity contribution in [2.75, 3.05) is 0 Å². The molecule has 0 bridgehead atoms. The van der Waals surface area contributed by atoms with E-state index in [1.807, 2.05) is 36.5 Å². The predicted octanol–water partition coefficient (Wildman–Crippen LogP) is 5.38. The number of para-hydroxylation sites is 1. The van der Waals surface area contributed by atoms with Gasteiger partial charge in [0.15, 0.2) is 0 Å². The molecule has 2 aliphatic rings. The molecular weight excluding hydrogens is 380 g/mol. The summed E-state index contributed by atoms with van der Waals surface area (Å²) >= 11 is 1.73. The van der Waals surface area contributed by atoms with E-state index in [9.17, 15) is 0 Å². The zero-order chi connectivity index (χ0) is 19.2. The van der Waals surface area contributed by atoms with Crippen LogP contribution < -0.4 is 4.74 Å². The normalized spacial score (nSPS) is 20.0. The lowest BCUT2D eigenvalue weighted by molar-refractivity contribution is -0.0186. The minimum atomic E-state index is -0.332. The summed E-state index contributed by atoms with van der Waals surface area (Å²) in [5, 5.41) is 16.7. The van der Waals surface area contributed by atoms with Crippen molar-refractivity contribution < 1.29 is 4.74 Å². The second-order valence-corrected chi connectivity index (χ2v) is 8.15. The third-order valence-electron chi connectivity index (χ3n) is 5.50. The molecule has 4 heterocycles. The number of H-pyrrole nitrogens is 1. The van der Waals surface area contributed by atoms with E-state index < -0.39 is 0 Å². The van der Waals surface area contributed by atoms with E-state index in [4.69, 9.17) is 9.84 Å². The minimum Gasteiger partial charge on any atom is -0.464 e. The monoisotopic (exact) mass is 398 g/mol. The first-order valence-corrected chi connectivity index (χ1v) is 10.5. The van der Waals surface area contributed by atoms with Crippen LogP contribution in [0.5, 0.6) is 5.75 Å². The molecule has 0 spiro atoms. The first kappa shape index (κ1) is 16.6. The van der Waals surface area contributed by atoms with Crippen LogP contribution in [0, 0.1) is 0 Å². The molecule has 0 saturated carbocycles. The Hall–Kier alpha value is -3.38. The molecule has 6 rings (SSSR count). The molecule has 0 saturated heterocycles. The highest BCUT2D eigenvalue weighted by Gasteiger charge is 2.42. The van der Waals surface area contributed by atoms with Crippen LogP contribution in [0.25, 0.3) is 11.3 Å². The number of hydrazone groups is 1. The first-order chi connectivity index (χ1) is 14.4. The summed E-state index contributed by atoms with van der Waals surface area (Å²) < 4.78 is 6.48. The Labute approximate surface area is 172 Å². The number of hydrogen-bond acceptors (Lipinski definition) is 5. The highest BCUT2D eigenvalue weighted by Crippen LogP contribution is 2.48. The van der Waals surface area contributed by atoms with Crippen molar-refractivity contribution >= 4 is 17.0 Å². The Morgan fingerprint density at radius 1 is 0.966 bits per heavy atom. The number of benzene rings is 2. The third-order valence-corrected chi connectivity index (χ3v) is 6.42. The number of aromatic amines is 1. The summed E-state index contributed by atoms with van der Waals surface area (Å²) in [4.78, 5) is 1.21. The molecule has 2 aromatic heterocycles. The van der Waals surface area contributed by atoms with Crippen molar-refractivity contribution in [1.82, 2.24) is 15.2 Å².